The predicted octanol–water partition coefficient (Wildman–Crippen LogP) is 3.94. The summed E-state index contributed by atoms with van der Waals surface area (Å²) in [6, 6.07) is 13.9. The van der Waals surface area contributed by atoms with Crippen molar-refractivity contribution in [3.8, 4) is 5.75 Å². The molecule has 2 heteroatoms. The molecular weight excluding hydrogens is 236 g/mol. The van der Waals surface area contributed by atoms with E-state index >= 15 is 0 Å². The number of ether oxygens (including phenoxy) is 1. The number of hydrogen-bond acceptors (Lipinski definition) is 2. The second kappa shape index (κ2) is 5.89. The van der Waals surface area contributed by atoms with Crippen molar-refractivity contribution in [3.63, 3.8) is 0 Å². The van der Waals surface area contributed by atoms with Gasteiger partial charge in [0, 0.05) is 5.56 Å². The molecule has 0 radical (unpaired) electrons. The van der Waals surface area contributed by atoms with Crippen molar-refractivity contribution < 1.29 is 9.84 Å². The molecule has 100 valence electrons. The van der Waals surface area contributed by atoms with E-state index in [0.29, 0.717) is 6.61 Å². The molecule has 0 heterocycles. The standard InChI is InChI=1S/C17H20O2/c1-12-8-9-15(10-13(12)2)11-19-17-7-5-4-6-16(17)14(3)18/h4-10,14,18H,11H2,1-3H3/t14-/m0/s1. The van der Waals surface area contributed by atoms with Crippen molar-refractivity contribution in [2.24, 2.45) is 0 Å². The van der Waals surface area contributed by atoms with Crippen LogP contribution in [0.25, 0.3) is 0 Å². The number of aliphatic hydroxyl groups is 1. The van der Waals surface area contributed by atoms with Crippen LogP contribution in [0.4, 0.5) is 0 Å². The van der Waals surface area contributed by atoms with Crippen molar-refractivity contribution in [2.45, 2.75) is 33.5 Å². The first kappa shape index (κ1) is 13.6. The summed E-state index contributed by atoms with van der Waals surface area (Å²) in [6.07, 6.45) is -0.518. The monoisotopic (exact) mass is 256 g/mol. The summed E-state index contributed by atoms with van der Waals surface area (Å²) in [6.45, 7) is 6.47. The molecule has 1 atom stereocenters. The lowest BCUT2D eigenvalue weighted by Crippen LogP contribution is -2.01. The third kappa shape index (κ3) is 3.36. The highest BCUT2D eigenvalue weighted by Gasteiger charge is 2.08. The van der Waals surface area contributed by atoms with E-state index in [9.17, 15) is 5.11 Å². The van der Waals surface area contributed by atoms with Gasteiger partial charge in [0.15, 0.2) is 0 Å². The molecule has 0 aromatic heterocycles. The molecule has 2 rings (SSSR count). The van der Waals surface area contributed by atoms with Crippen molar-refractivity contribution in [3.05, 3.63) is 64.7 Å². The third-order valence-corrected chi connectivity index (χ3v) is 3.33. The maximum Gasteiger partial charge on any atom is 0.125 e. The minimum Gasteiger partial charge on any atom is -0.489 e. The molecular formula is C17H20O2. The van der Waals surface area contributed by atoms with Gasteiger partial charge in [-0.05, 0) is 43.5 Å². The topological polar surface area (TPSA) is 29.5 Å². The molecule has 0 saturated heterocycles. The van der Waals surface area contributed by atoms with Crippen LogP contribution in [0.5, 0.6) is 5.75 Å². The van der Waals surface area contributed by atoms with Gasteiger partial charge < -0.3 is 9.84 Å². The van der Waals surface area contributed by atoms with Gasteiger partial charge in [-0.25, -0.2) is 0 Å². The lowest BCUT2D eigenvalue weighted by atomic mass is 10.1. The highest BCUT2D eigenvalue weighted by Crippen LogP contribution is 2.25. The predicted molar refractivity (Wildman–Crippen MR) is 77.3 cm³/mol. The van der Waals surface area contributed by atoms with E-state index < -0.39 is 6.10 Å². The maximum absolute atomic E-state index is 9.70. The summed E-state index contributed by atoms with van der Waals surface area (Å²) in [5, 5.41) is 9.70. The lowest BCUT2D eigenvalue weighted by molar-refractivity contribution is 0.190. The van der Waals surface area contributed by atoms with Crippen LogP contribution in [0.2, 0.25) is 0 Å². The number of aryl methyl sites for hydroxylation is 2. The molecule has 2 aromatic carbocycles. The second-order valence-corrected chi connectivity index (χ2v) is 4.92. The van der Waals surface area contributed by atoms with Crippen LogP contribution >= 0.6 is 0 Å². The molecule has 0 aliphatic heterocycles. The lowest BCUT2D eigenvalue weighted by Gasteiger charge is -2.13. The van der Waals surface area contributed by atoms with Crippen LogP contribution in [-0.4, -0.2) is 5.11 Å². The zero-order valence-electron chi connectivity index (χ0n) is 11.7. The van der Waals surface area contributed by atoms with Gasteiger partial charge >= 0.3 is 0 Å². The Balaban J connectivity index is 2.12. The molecule has 19 heavy (non-hydrogen) atoms. The van der Waals surface area contributed by atoms with Crippen LogP contribution in [0, 0.1) is 13.8 Å². The molecule has 0 aliphatic carbocycles. The molecule has 0 aliphatic rings. The number of benzene rings is 2. The Morgan fingerprint density at radius 3 is 2.47 bits per heavy atom. The first-order valence-electron chi connectivity index (χ1n) is 6.54. The molecule has 0 amide bonds. The van der Waals surface area contributed by atoms with E-state index in [-0.39, 0.29) is 0 Å². The van der Waals surface area contributed by atoms with E-state index in [1.807, 2.05) is 24.3 Å². The second-order valence-electron chi connectivity index (χ2n) is 4.92. The maximum atomic E-state index is 9.70. The van der Waals surface area contributed by atoms with Crippen LogP contribution in [0.15, 0.2) is 42.5 Å². The van der Waals surface area contributed by atoms with E-state index in [1.54, 1.807) is 6.92 Å². The smallest absolute Gasteiger partial charge is 0.125 e. The molecule has 2 aromatic rings. The largest absolute Gasteiger partial charge is 0.489 e. The summed E-state index contributed by atoms with van der Waals surface area (Å²) in [5.74, 6) is 0.746. The first-order chi connectivity index (χ1) is 9.08. The van der Waals surface area contributed by atoms with Crippen LogP contribution in [-0.2, 0) is 6.61 Å². The number of aliphatic hydroxyl groups excluding tert-OH is 1. The highest BCUT2D eigenvalue weighted by atomic mass is 16.5. The molecule has 0 spiro atoms. The van der Waals surface area contributed by atoms with Crippen LogP contribution < -0.4 is 4.74 Å². The molecule has 0 bridgehead atoms. The van der Waals surface area contributed by atoms with Gasteiger partial charge in [0.2, 0.25) is 0 Å². The first-order valence-corrected chi connectivity index (χ1v) is 6.54. The van der Waals surface area contributed by atoms with Crippen molar-refractivity contribution in [1.29, 1.82) is 0 Å². The Morgan fingerprint density at radius 2 is 1.79 bits per heavy atom. The zero-order chi connectivity index (χ0) is 13.8. The van der Waals surface area contributed by atoms with Gasteiger partial charge in [0.1, 0.15) is 12.4 Å². The SMILES string of the molecule is Cc1ccc(COc2ccccc2[C@H](C)O)cc1C. The average Bonchev–Trinajstić information content (AvgIpc) is 2.40. The summed E-state index contributed by atoms with van der Waals surface area (Å²) < 4.78 is 5.82. The molecule has 1 N–H and O–H groups in total. The number of para-hydroxylation sites is 1. The van der Waals surface area contributed by atoms with Gasteiger partial charge in [0.05, 0.1) is 6.10 Å². The van der Waals surface area contributed by atoms with Crippen LogP contribution in [0.3, 0.4) is 0 Å². The molecule has 0 saturated carbocycles. The minimum atomic E-state index is -0.518. The normalized spacial score (nSPS) is 12.2. The van der Waals surface area contributed by atoms with Gasteiger partial charge in [-0.1, -0.05) is 36.4 Å². The van der Waals surface area contributed by atoms with Gasteiger partial charge in [-0.15, -0.1) is 0 Å². The van der Waals surface area contributed by atoms with Crippen molar-refractivity contribution in [1.82, 2.24) is 0 Å². The number of hydrogen-bond donors (Lipinski definition) is 1. The Kier molecular flexibility index (Phi) is 4.23. The fourth-order valence-corrected chi connectivity index (χ4v) is 2.01. The van der Waals surface area contributed by atoms with E-state index in [4.69, 9.17) is 4.74 Å². The summed E-state index contributed by atoms with van der Waals surface area (Å²) in [4.78, 5) is 0. The molecule has 0 unspecified atom stereocenters. The fraction of sp³-hybridized carbons (Fsp3) is 0.294. The van der Waals surface area contributed by atoms with Gasteiger partial charge in [-0.3, -0.25) is 0 Å². The van der Waals surface area contributed by atoms with E-state index in [1.165, 1.54) is 11.1 Å². The highest BCUT2D eigenvalue weighted by molar-refractivity contribution is 5.35. The Bertz CT molecular complexity index is 559. The van der Waals surface area contributed by atoms with Crippen molar-refractivity contribution >= 4 is 0 Å². The Labute approximate surface area is 114 Å². The van der Waals surface area contributed by atoms with Crippen molar-refractivity contribution in [2.75, 3.05) is 0 Å². The fourth-order valence-electron chi connectivity index (χ4n) is 2.01. The van der Waals surface area contributed by atoms with Gasteiger partial charge in [-0.2, -0.15) is 0 Å². The van der Waals surface area contributed by atoms with Crippen LogP contribution in [0.1, 0.15) is 35.3 Å². The minimum absolute atomic E-state index is 0.518. The Morgan fingerprint density at radius 1 is 1.05 bits per heavy atom. The van der Waals surface area contributed by atoms with E-state index in [2.05, 4.69) is 32.0 Å². The quantitative estimate of drug-likeness (QED) is 0.898. The molecule has 0 fully saturated rings. The zero-order valence-corrected chi connectivity index (χ0v) is 11.7. The third-order valence-electron chi connectivity index (χ3n) is 3.33. The van der Waals surface area contributed by atoms with Gasteiger partial charge in [0.25, 0.3) is 0 Å². The van der Waals surface area contributed by atoms with E-state index in [0.717, 1.165) is 16.9 Å². The average molecular weight is 256 g/mol. The molecule has 2 nitrogen and oxygen atoms in total. The number of rotatable bonds is 4. The summed E-state index contributed by atoms with van der Waals surface area (Å²) >= 11 is 0. The summed E-state index contributed by atoms with van der Waals surface area (Å²) in [5.41, 5.74) is 4.52. The Hall–Kier alpha value is -1.80. The summed E-state index contributed by atoms with van der Waals surface area (Å²) in [7, 11) is 0.